The van der Waals surface area contributed by atoms with Crippen LogP contribution in [0.2, 0.25) is 0 Å². The van der Waals surface area contributed by atoms with E-state index in [0.29, 0.717) is 16.3 Å². The minimum atomic E-state index is -0.492. The average Bonchev–Trinajstić information content (AvgIpc) is 2.76. The number of esters is 1. The summed E-state index contributed by atoms with van der Waals surface area (Å²) >= 11 is 1.14. The number of H-pyrrole nitrogens is 1. The topological polar surface area (TPSA) is 87.9 Å². The first-order valence-electron chi connectivity index (χ1n) is 4.89. The third kappa shape index (κ3) is 1.62. The summed E-state index contributed by atoms with van der Waals surface area (Å²) in [7, 11) is 1.68. The van der Waals surface area contributed by atoms with Crippen molar-refractivity contribution >= 4 is 17.5 Å². The Morgan fingerprint density at radius 3 is 2.94 bits per heavy atom. The van der Waals surface area contributed by atoms with E-state index in [1.165, 1.54) is 0 Å². The Morgan fingerprint density at radius 1 is 1.65 bits per heavy atom. The lowest BCUT2D eigenvalue weighted by Crippen LogP contribution is -2.05. The fourth-order valence-electron chi connectivity index (χ4n) is 1.61. The fourth-order valence-corrected chi connectivity index (χ4v) is 2.54. The van der Waals surface area contributed by atoms with Crippen molar-refractivity contribution in [1.82, 2.24) is 8.94 Å². The Balaban J connectivity index is 2.64. The van der Waals surface area contributed by atoms with Gasteiger partial charge in [0.05, 0.1) is 18.0 Å². The van der Waals surface area contributed by atoms with Gasteiger partial charge in [-0.2, -0.15) is 5.26 Å². The molecule has 6 nitrogen and oxygen atoms in total. The number of ether oxygens (including phenoxy) is 1. The minimum Gasteiger partial charge on any atom is -0.462 e. The molecule has 0 radical (unpaired) electrons. The molecule has 17 heavy (non-hydrogen) atoms. The molecule has 2 heterocycles. The summed E-state index contributed by atoms with van der Waals surface area (Å²) in [4.78, 5) is 26.0. The first kappa shape index (κ1) is 11.4. The summed E-state index contributed by atoms with van der Waals surface area (Å²) in [6.07, 6.45) is 0. The Morgan fingerprint density at radius 2 is 2.35 bits per heavy atom. The molecule has 7 heteroatoms. The summed E-state index contributed by atoms with van der Waals surface area (Å²) in [5.74, 6) is -0.492. The van der Waals surface area contributed by atoms with Crippen molar-refractivity contribution in [3.63, 3.8) is 0 Å². The van der Waals surface area contributed by atoms with E-state index in [9.17, 15) is 9.59 Å². The third-order valence-electron chi connectivity index (χ3n) is 2.28. The molecular formula is C10H9N3O3S. The molecule has 0 aromatic carbocycles. The zero-order valence-electron chi connectivity index (χ0n) is 9.23. The first-order chi connectivity index (χ1) is 8.10. The summed E-state index contributed by atoms with van der Waals surface area (Å²) in [5.41, 5.74) is 0.365. The van der Waals surface area contributed by atoms with Crippen molar-refractivity contribution in [2.45, 2.75) is 6.92 Å². The number of carbonyl (C=O) groups is 1. The second kappa shape index (κ2) is 4.07. The zero-order valence-corrected chi connectivity index (χ0v) is 10.1. The number of aromatic nitrogens is 2. The second-order valence-electron chi connectivity index (χ2n) is 3.30. The number of nitriles is 1. The van der Waals surface area contributed by atoms with E-state index in [1.807, 2.05) is 6.07 Å². The molecule has 88 valence electrons. The molecule has 2 aliphatic heterocycles. The number of aryl methyl sites for hydroxylation is 1. The van der Waals surface area contributed by atoms with Crippen LogP contribution in [0.3, 0.4) is 0 Å². The number of hydrogen-bond acceptors (Lipinski definition) is 5. The van der Waals surface area contributed by atoms with Crippen LogP contribution in [0.25, 0.3) is 11.4 Å². The number of hydrogen-bond donors (Lipinski definition) is 1. The number of nitrogens with one attached hydrogen (secondary N) is 1. The van der Waals surface area contributed by atoms with Crippen LogP contribution in [-0.2, 0) is 11.8 Å². The third-order valence-corrected chi connectivity index (χ3v) is 3.29. The highest BCUT2D eigenvalue weighted by molar-refractivity contribution is 7.09. The minimum absolute atomic E-state index is 0.0225. The predicted molar refractivity (Wildman–Crippen MR) is 61.2 cm³/mol. The maximum atomic E-state index is 11.7. The lowest BCUT2D eigenvalue weighted by Gasteiger charge is -1.97. The van der Waals surface area contributed by atoms with Crippen molar-refractivity contribution in [3.8, 4) is 17.5 Å². The van der Waals surface area contributed by atoms with Crippen LogP contribution in [0.15, 0.2) is 4.79 Å². The Bertz CT molecular complexity index is 643. The van der Waals surface area contributed by atoms with E-state index >= 15 is 0 Å². The van der Waals surface area contributed by atoms with Gasteiger partial charge in [0, 0.05) is 7.05 Å². The molecule has 2 aliphatic rings. The number of aromatic amines is 1. The lowest BCUT2D eigenvalue weighted by molar-refractivity contribution is 0.0532. The average molecular weight is 251 g/mol. The summed E-state index contributed by atoms with van der Waals surface area (Å²) < 4.78 is 6.49. The molecule has 1 N–H and O–H groups in total. The molecule has 0 amide bonds. The van der Waals surface area contributed by atoms with E-state index in [4.69, 9.17) is 10.00 Å². The predicted octanol–water partition coefficient (Wildman–Crippen LogP) is 0.928. The molecule has 0 aliphatic carbocycles. The van der Waals surface area contributed by atoms with Crippen LogP contribution < -0.4 is 5.56 Å². The highest BCUT2D eigenvalue weighted by atomic mass is 32.1. The van der Waals surface area contributed by atoms with Crippen molar-refractivity contribution in [2.75, 3.05) is 6.61 Å². The Labute approximate surface area is 101 Å². The van der Waals surface area contributed by atoms with Gasteiger partial charge < -0.3 is 9.72 Å². The van der Waals surface area contributed by atoms with Crippen LogP contribution in [0.4, 0.5) is 0 Å². The highest BCUT2D eigenvalue weighted by Crippen LogP contribution is 2.31. The molecule has 0 spiro atoms. The van der Waals surface area contributed by atoms with Crippen LogP contribution in [-0.4, -0.2) is 21.5 Å². The van der Waals surface area contributed by atoms with Gasteiger partial charge in [0.2, 0.25) is 0 Å². The van der Waals surface area contributed by atoms with Crippen molar-refractivity contribution in [2.24, 2.45) is 7.05 Å². The summed E-state index contributed by atoms with van der Waals surface area (Å²) in [5, 5.41) is 8.89. The smallest absolute Gasteiger partial charge is 0.352 e. The highest BCUT2D eigenvalue weighted by Gasteiger charge is 2.27. The van der Waals surface area contributed by atoms with E-state index in [0.717, 1.165) is 11.5 Å². The van der Waals surface area contributed by atoms with Crippen molar-refractivity contribution in [3.05, 3.63) is 20.8 Å². The standard InChI is InChI=1S/C10H9N3O3S/c1-3-16-10(15)8-6-7(13(2)17-8)5(4-11)9(14)12-6/h3H2,1-2H3,(H,12,14). The van der Waals surface area contributed by atoms with Gasteiger partial charge in [-0.15, -0.1) is 0 Å². The van der Waals surface area contributed by atoms with Crippen LogP contribution >= 0.6 is 11.5 Å². The Kier molecular flexibility index (Phi) is 2.73. The monoisotopic (exact) mass is 251 g/mol. The maximum Gasteiger partial charge on any atom is 0.352 e. The Hall–Kier alpha value is -2.07. The van der Waals surface area contributed by atoms with Gasteiger partial charge in [-0.25, -0.2) is 4.79 Å². The molecule has 0 bridgehead atoms. The normalized spacial score (nSPS) is 10.4. The largest absolute Gasteiger partial charge is 0.462 e. The van der Waals surface area contributed by atoms with Crippen LogP contribution in [0.1, 0.15) is 22.2 Å². The molecule has 0 unspecified atom stereocenters. The van der Waals surface area contributed by atoms with E-state index in [2.05, 4.69) is 4.98 Å². The van der Waals surface area contributed by atoms with Crippen LogP contribution in [0.5, 0.6) is 0 Å². The van der Waals surface area contributed by atoms with Crippen LogP contribution in [0, 0.1) is 11.3 Å². The van der Waals surface area contributed by atoms with E-state index in [1.54, 1.807) is 17.9 Å². The number of fused-ring (bicyclic) bond motifs is 1. The van der Waals surface area contributed by atoms with Gasteiger partial charge >= 0.3 is 5.97 Å². The van der Waals surface area contributed by atoms with Gasteiger partial charge in [0.15, 0.2) is 4.88 Å². The summed E-state index contributed by atoms with van der Waals surface area (Å²) in [6, 6.07) is 1.83. The first-order valence-corrected chi connectivity index (χ1v) is 5.66. The molecule has 0 aromatic heterocycles. The number of rotatable bonds is 2. The van der Waals surface area contributed by atoms with Crippen molar-refractivity contribution in [1.29, 1.82) is 5.26 Å². The lowest BCUT2D eigenvalue weighted by atomic mass is 10.2. The molecule has 0 fully saturated rings. The van der Waals surface area contributed by atoms with Gasteiger partial charge in [-0.1, -0.05) is 0 Å². The SMILES string of the molecule is CCOC(=O)c1sn(C)c2c(C#N)c(=O)[nH]c1-2. The number of carbonyl (C=O) groups excluding carboxylic acids is 1. The fraction of sp³-hybridized carbons (Fsp3) is 0.300. The molecule has 2 rings (SSSR count). The van der Waals surface area contributed by atoms with Gasteiger partial charge in [0.25, 0.3) is 5.56 Å². The maximum absolute atomic E-state index is 11.7. The molecule has 0 saturated heterocycles. The quantitative estimate of drug-likeness (QED) is 0.804. The molecule has 0 aromatic rings. The van der Waals surface area contributed by atoms with Gasteiger partial charge in [-0.3, -0.25) is 8.75 Å². The zero-order chi connectivity index (χ0) is 12.6. The van der Waals surface area contributed by atoms with E-state index < -0.39 is 11.5 Å². The second-order valence-corrected chi connectivity index (χ2v) is 4.44. The van der Waals surface area contributed by atoms with Crippen molar-refractivity contribution < 1.29 is 9.53 Å². The molecular weight excluding hydrogens is 242 g/mol. The summed E-state index contributed by atoms with van der Waals surface area (Å²) in [6.45, 7) is 1.97. The molecule has 0 atom stereocenters. The van der Waals surface area contributed by atoms with E-state index in [-0.39, 0.29) is 12.2 Å². The van der Waals surface area contributed by atoms with Gasteiger partial charge in [-0.05, 0) is 18.5 Å². The molecule has 0 saturated carbocycles. The van der Waals surface area contributed by atoms with Gasteiger partial charge in [0.1, 0.15) is 11.6 Å². The number of nitrogens with zero attached hydrogens (tertiary/aromatic N) is 2.